The summed E-state index contributed by atoms with van der Waals surface area (Å²) in [7, 11) is 4.14. The molecule has 0 bridgehead atoms. The SMILES string of the molecule is CCN(CC)C(=O)CNC(CC(C)C)CN(C)C. The predicted octanol–water partition coefficient (Wildman–Crippen LogP) is 1.42. The van der Waals surface area contributed by atoms with E-state index in [1.807, 2.05) is 18.7 Å². The van der Waals surface area contributed by atoms with Crippen LogP contribution in [0.1, 0.15) is 34.1 Å². The standard InChI is InChI=1S/C14H31N3O/c1-7-17(8-2)14(18)10-15-13(9-12(3)4)11-16(5)6/h12-13,15H,7-11H2,1-6H3. The average Bonchev–Trinajstić information content (AvgIpc) is 2.26. The van der Waals surface area contributed by atoms with Crippen LogP contribution < -0.4 is 5.32 Å². The van der Waals surface area contributed by atoms with Crippen molar-refractivity contribution < 1.29 is 4.79 Å². The van der Waals surface area contributed by atoms with Gasteiger partial charge in [0.2, 0.25) is 5.91 Å². The van der Waals surface area contributed by atoms with E-state index < -0.39 is 0 Å². The van der Waals surface area contributed by atoms with E-state index in [2.05, 4.69) is 38.2 Å². The summed E-state index contributed by atoms with van der Waals surface area (Å²) in [5.41, 5.74) is 0. The molecule has 0 aromatic carbocycles. The van der Waals surface area contributed by atoms with Gasteiger partial charge in [-0.15, -0.1) is 0 Å². The Labute approximate surface area is 113 Å². The van der Waals surface area contributed by atoms with Gasteiger partial charge in [0.25, 0.3) is 0 Å². The summed E-state index contributed by atoms with van der Waals surface area (Å²) in [4.78, 5) is 16.0. The molecule has 0 spiro atoms. The fourth-order valence-electron chi connectivity index (χ4n) is 2.15. The van der Waals surface area contributed by atoms with Gasteiger partial charge in [-0.3, -0.25) is 4.79 Å². The fourth-order valence-corrected chi connectivity index (χ4v) is 2.15. The van der Waals surface area contributed by atoms with Crippen molar-refractivity contribution in [1.82, 2.24) is 15.1 Å². The molecule has 0 aromatic rings. The largest absolute Gasteiger partial charge is 0.342 e. The summed E-state index contributed by atoms with van der Waals surface area (Å²) >= 11 is 0. The molecule has 1 amide bonds. The van der Waals surface area contributed by atoms with Crippen LogP contribution in [-0.2, 0) is 4.79 Å². The third-order valence-corrected chi connectivity index (χ3v) is 3.00. The van der Waals surface area contributed by atoms with Crippen molar-refractivity contribution in [1.29, 1.82) is 0 Å². The van der Waals surface area contributed by atoms with Crippen molar-refractivity contribution in [2.24, 2.45) is 5.92 Å². The zero-order valence-corrected chi connectivity index (χ0v) is 13.0. The molecule has 0 saturated heterocycles. The van der Waals surface area contributed by atoms with Crippen molar-refractivity contribution in [2.75, 3.05) is 40.3 Å². The highest BCUT2D eigenvalue weighted by Crippen LogP contribution is 2.05. The quantitative estimate of drug-likeness (QED) is 0.678. The van der Waals surface area contributed by atoms with Gasteiger partial charge >= 0.3 is 0 Å². The first-order valence-electron chi connectivity index (χ1n) is 7.06. The van der Waals surface area contributed by atoms with Gasteiger partial charge in [-0.05, 0) is 40.3 Å². The number of rotatable bonds is 9. The number of hydrogen-bond acceptors (Lipinski definition) is 3. The molecule has 0 aromatic heterocycles. The van der Waals surface area contributed by atoms with E-state index in [1.165, 1.54) is 0 Å². The summed E-state index contributed by atoms with van der Waals surface area (Å²) in [5.74, 6) is 0.846. The lowest BCUT2D eigenvalue weighted by Gasteiger charge is -2.25. The van der Waals surface area contributed by atoms with Crippen molar-refractivity contribution >= 4 is 5.91 Å². The molecule has 1 atom stereocenters. The maximum absolute atomic E-state index is 11.9. The van der Waals surface area contributed by atoms with Gasteiger partial charge in [0, 0.05) is 25.7 Å². The number of amides is 1. The number of carbonyl (C=O) groups excluding carboxylic acids is 1. The monoisotopic (exact) mass is 257 g/mol. The summed E-state index contributed by atoms with van der Waals surface area (Å²) < 4.78 is 0. The van der Waals surface area contributed by atoms with E-state index in [0.717, 1.165) is 26.1 Å². The summed E-state index contributed by atoms with van der Waals surface area (Å²) in [6, 6.07) is 0.388. The van der Waals surface area contributed by atoms with E-state index in [1.54, 1.807) is 0 Å². The first-order valence-corrected chi connectivity index (χ1v) is 7.06. The van der Waals surface area contributed by atoms with Gasteiger partial charge in [-0.1, -0.05) is 13.8 Å². The second-order valence-corrected chi connectivity index (χ2v) is 5.54. The Hall–Kier alpha value is -0.610. The van der Waals surface area contributed by atoms with Crippen molar-refractivity contribution in [3.8, 4) is 0 Å². The predicted molar refractivity (Wildman–Crippen MR) is 77.7 cm³/mol. The van der Waals surface area contributed by atoms with Crippen molar-refractivity contribution in [3.63, 3.8) is 0 Å². The Balaban J connectivity index is 4.19. The highest BCUT2D eigenvalue weighted by Gasteiger charge is 2.15. The number of nitrogens with one attached hydrogen (secondary N) is 1. The molecular weight excluding hydrogens is 226 g/mol. The van der Waals surface area contributed by atoms with Crippen LogP contribution in [0.2, 0.25) is 0 Å². The smallest absolute Gasteiger partial charge is 0.236 e. The van der Waals surface area contributed by atoms with Crippen LogP contribution in [0.4, 0.5) is 0 Å². The molecule has 0 aliphatic rings. The Morgan fingerprint density at radius 3 is 2.11 bits per heavy atom. The second-order valence-electron chi connectivity index (χ2n) is 5.54. The zero-order valence-electron chi connectivity index (χ0n) is 13.0. The lowest BCUT2D eigenvalue weighted by Crippen LogP contribution is -2.45. The van der Waals surface area contributed by atoms with Crippen LogP contribution >= 0.6 is 0 Å². The summed E-state index contributed by atoms with van der Waals surface area (Å²) in [6.45, 7) is 11.5. The van der Waals surface area contributed by atoms with Crippen LogP contribution in [0, 0.1) is 5.92 Å². The van der Waals surface area contributed by atoms with Gasteiger partial charge in [-0.2, -0.15) is 0 Å². The Morgan fingerprint density at radius 2 is 1.72 bits per heavy atom. The van der Waals surface area contributed by atoms with E-state index in [-0.39, 0.29) is 5.91 Å². The number of likely N-dealkylation sites (N-methyl/N-ethyl adjacent to an activating group) is 2. The minimum Gasteiger partial charge on any atom is -0.342 e. The molecule has 0 rings (SSSR count). The first kappa shape index (κ1) is 17.4. The van der Waals surface area contributed by atoms with Gasteiger partial charge in [0.1, 0.15) is 0 Å². The van der Waals surface area contributed by atoms with Crippen molar-refractivity contribution in [3.05, 3.63) is 0 Å². The minimum absolute atomic E-state index is 0.201. The second kappa shape index (κ2) is 9.34. The lowest BCUT2D eigenvalue weighted by atomic mass is 10.0. The molecule has 1 N–H and O–H groups in total. The molecule has 18 heavy (non-hydrogen) atoms. The van der Waals surface area contributed by atoms with Gasteiger partial charge in [0.05, 0.1) is 6.54 Å². The number of hydrogen-bond donors (Lipinski definition) is 1. The molecule has 0 aliphatic heterocycles. The van der Waals surface area contributed by atoms with E-state index in [4.69, 9.17) is 0 Å². The molecule has 108 valence electrons. The van der Waals surface area contributed by atoms with Gasteiger partial charge in [0.15, 0.2) is 0 Å². The van der Waals surface area contributed by atoms with E-state index in [9.17, 15) is 4.79 Å². The summed E-state index contributed by atoms with van der Waals surface area (Å²) in [5, 5.41) is 3.40. The van der Waals surface area contributed by atoms with Gasteiger partial charge in [-0.25, -0.2) is 0 Å². The molecular formula is C14H31N3O. The Bertz CT molecular complexity index is 215. The van der Waals surface area contributed by atoms with E-state index in [0.29, 0.717) is 18.5 Å². The Morgan fingerprint density at radius 1 is 1.17 bits per heavy atom. The minimum atomic E-state index is 0.201. The number of carbonyl (C=O) groups is 1. The molecule has 0 heterocycles. The third-order valence-electron chi connectivity index (χ3n) is 3.00. The average molecular weight is 257 g/mol. The van der Waals surface area contributed by atoms with Crippen LogP contribution in [0.3, 0.4) is 0 Å². The maximum atomic E-state index is 11.9. The molecule has 4 heteroatoms. The highest BCUT2D eigenvalue weighted by molar-refractivity contribution is 5.78. The van der Waals surface area contributed by atoms with Crippen LogP contribution in [-0.4, -0.2) is 62.0 Å². The highest BCUT2D eigenvalue weighted by atomic mass is 16.2. The number of nitrogens with zero attached hydrogens (tertiary/aromatic N) is 2. The molecule has 0 radical (unpaired) electrons. The maximum Gasteiger partial charge on any atom is 0.236 e. The molecule has 0 fully saturated rings. The molecule has 1 unspecified atom stereocenters. The normalized spacial score (nSPS) is 13.1. The van der Waals surface area contributed by atoms with E-state index >= 15 is 0 Å². The third kappa shape index (κ3) is 7.67. The van der Waals surface area contributed by atoms with Crippen molar-refractivity contribution in [2.45, 2.75) is 40.2 Å². The Kier molecular flexibility index (Phi) is 9.02. The zero-order chi connectivity index (χ0) is 14.1. The summed E-state index contributed by atoms with van der Waals surface area (Å²) in [6.07, 6.45) is 1.10. The fraction of sp³-hybridized carbons (Fsp3) is 0.929. The van der Waals surface area contributed by atoms with Gasteiger partial charge < -0.3 is 15.1 Å². The molecule has 0 aliphatic carbocycles. The lowest BCUT2D eigenvalue weighted by molar-refractivity contribution is -0.130. The molecule has 4 nitrogen and oxygen atoms in total. The molecule has 0 saturated carbocycles. The van der Waals surface area contributed by atoms with Crippen LogP contribution in [0.25, 0.3) is 0 Å². The van der Waals surface area contributed by atoms with Crippen LogP contribution in [0.5, 0.6) is 0 Å². The van der Waals surface area contributed by atoms with Crippen LogP contribution in [0.15, 0.2) is 0 Å². The first-order chi connectivity index (χ1) is 8.40. The topological polar surface area (TPSA) is 35.6 Å².